The zero-order valence-corrected chi connectivity index (χ0v) is 13.2. The van der Waals surface area contributed by atoms with E-state index in [1.807, 2.05) is 6.92 Å². The van der Waals surface area contributed by atoms with Crippen LogP contribution in [0.4, 0.5) is 13.2 Å². The van der Waals surface area contributed by atoms with Gasteiger partial charge < -0.3 is 4.90 Å². The van der Waals surface area contributed by atoms with Gasteiger partial charge in [0, 0.05) is 26.2 Å². The molecule has 0 atom stereocenters. The van der Waals surface area contributed by atoms with Crippen molar-refractivity contribution in [3.8, 4) is 11.3 Å². The maximum Gasteiger partial charge on any atom is 0.435 e. The van der Waals surface area contributed by atoms with Crippen molar-refractivity contribution in [1.29, 1.82) is 0 Å². The third kappa shape index (κ3) is 3.72. The molecule has 1 aromatic carbocycles. The van der Waals surface area contributed by atoms with Gasteiger partial charge in [0.25, 0.3) is 5.91 Å². The first-order chi connectivity index (χ1) is 10.7. The first-order valence-corrected chi connectivity index (χ1v) is 7.21. The van der Waals surface area contributed by atoms with E-state index in [0.717, 1.165) is 6.07 Å². The zero-order chi connectivity index (χ0) is 17.2. The van der Waals surface area contributed by atoms with Crippen LogP contribution >= 0.6 is 0 Å². The smallest absolute Gasteiger partial charge is 0.345 e. The molecule has 0 aliphatic heterocycles. The minimum Gasteiger partial charge on any atom is -0.345 e. The second-order valence-corrected chi connectivity index (χ2v) is 5.41. The topological polar surface area (TPSA) is 38.1 Å². The molecule has 1 aromatic heterocycles. The number of nitrogens with zero attached hydrogens (tertiary/aromatic N) is 3. The summed E-state index contributed by atoms with van der Waals surface area (Å²) >= 11 is 0. The summed E-state index contributed by atoms with van der Waals surface area (Å²) in [4.78, 5) is 13.3. The minimum atomic E-state index is -4.48. The van der Waals surface area contributed by atoms with Crippen molar-refractivity contribution in [1.82, 2.24) is 14.7 Å². The zero-order valence-electron chi connectivity index (χ0n) is 13.2. The van der Waals surface area contributed by atoms with E-state index < -0.39 is 11.9 Å². The number of rotatable bonds is 4. The van der Waals surface area contributed by atoms with Crippen LogP contribution in [-0.2, 0) is 12.7 Å². The van der Waals surface area contributed by atoms with Crippen molar-refractivity contribution in [3.05, 3.63) is 41.6 Å². The van der Waals surface area contributed by atoms with Crippen LogP contribution in [0.25, 0.3) is 11.3 Å². The highest BCUT2D eigenvalue weighted by molar-refractivity contribution is 5.94. The summed E-state index contributed by atoms with van der Waals surface area (Å²) < 4.78 is 40.0. The highest BCUT2D eigenvalue weighted by Gasteiger charge is 2.35. The van der Waals surface area contributed by atoms with Gasteiger partial charge in [-0.05, 0) is 30.2 Å². The lowest BCUT2D eigenvalue weighted by atomic mass is 10.1. The third-order valence-electron chi connectivity index (χ3n) is 3.34. The molecule has 0 saturated carbocycles. The van der Waals surface area contributed by atoms with E-state index in [1.165, 1.54) is 9.58 Å². The van der Waals surface area contributed by atoms with E-state index in [4.69, 9.17) is 0 Å². The SMILES string of the molecule is CCCn1nc(C(F)(F)F)cc1-c1ccc(C(=O)N(C)C)cc1. The fourth-order valence-corrected chi connectivity index (χ4v) is 2.21. The number of alkyl halides is 3. The molecule has 2 rings (SSSR count). The Kier molecular flexibility index (Phi) is 4.77. The number of halogens is 3. The van der Waals surface area contributed by atoms with Crippen LogP contribution in [0.1, 0.15) is 29.4 Å². The summed E-state index contributed by atoms with van der Waals surface area (Å²) in [5.74, 6) is -0.158. The molecule has 0 bridgehead atoms. The predicted molar refractivity (Wildman–Crippen MR) is 81.0 cm³/mol. The first-order valence-electron chi connectivity index (χ1n) is 7.21. The summed E-state index contributed by atoms with van der Waals surface area (Å²) in [6.07, 6.45) is -3.81. The van der Waals surface area contributed by atoms with Gasteiger partial charge >= 0.3 is 6.18 Å². The van der Waals surface area contributed by atoms with Crippen LogP contribution in [0.2, 0.25) is 0 Å². The molecular weight excluding hydrogens is 307 g/mol. The molecule has 7 heteroatoms. The van der Waals surface area contributed by atoms with E-state index in [-0.39, 0.29) is 5.91 Å². The van der Waals surface area contributed by atoms with Crippen molar-refractivity contribution in [2.45, 2.75) is 26.1 Å². The molecule has 0 spiro atoms. The Bertz CT molecular complexity index is 688. The van der Waals surface area contributed by atoms with Crippen LogP contribution in [0.5, 0.6) is 0 Å². The molecule has 4 nitrogen and oxygen atoms in total. The molecule has 0 aliphatic rings. The predicted octanol–water partition coefficient (Wildman–Crippen LogP) is 3.68. The Morgan fingerprint density at radius 1 is 1.22 bits per heavy atom. The lowest BCUT2D eigenvalue weighted by molar-refractivity contribution is -0.141. The van der Waals surface area contributed by atoms with Gasteiger partial charge in [-0.25, -0.2) is 0 Å². The van der Waals surface area contributed by atoms with E-state index in [0.29, 0.717) is 29.8 Å². The third-order valence-corrected chi connectivity index (χ3v) is 3.34. The molecule has 23 heavy (non-hydrogen) atoms. The molecule has 0 N–H and O–H groups in total. The monoisotopic (exact) mass is 325 g/mol. The molecular formula is C16H18F3N3O. The standard InChI is InChI=1S/C16H18F3N3O/c1-4-9-22-13(10-14(20-22)16(17,18)19)11-5-7-12(8-6-11)15(23)21(2)3/h5-8,10H,4,9H2,1-3H3. The van der Waals surface area contributed by atoms with E-state index in [9.17, 15) is 18.0 Å². The van der Waals surface area contributed by atoms with Crippen LogP contribution in [0.3, 0.4) is 0 Å². The van der Waals surface area contributed by atoms with Crippen LogP contribution in [0.15, 0.2) is 30.3 Å². The number of benzene rings is 1. The minimum absolute atomic E-state index is 0.158. The Morgan fingerprint density at radius 3 is 2.30 bits per heavy atom. The van der Waals surface area contributed by atoms with Crippen LogP contribution in [0, 0.1) is 0 Å². The second kappa shape index (κ2) is 6.44. The fraction of sp³-hybridized carbons (Fsp3) is 0.375. The van der Waals surface area contributed by atoms with E-state index >= 15 is 0 Å². The van der Waals surface area contributed by atoms with Crippen LogP contribution < -0.4 is 0 Å². The lowest BCUT2D eigenvalue weighted by Gasteiger charge is -2.11. The van der Waals surface area contributed by atoms with Gasteiger partial charge in [-0.3, -0.25) is 9.48 Å². The average molecular weight is 325 g/mol. The fourth-order valence-electron chi connectivity index (χ4n) is 2.21. The summed E-state index contributed by atoms with van der Waals surface area (Å²) in [5.41, 5.74) is 0.561. The normalized spacial score (nSPS) is 11.6. The quantitative estimate of drug-likeness (QED) is 0.860. The lowest BCUT2D eigenvalue weighted by Crippen LogP contribution is -2.21. The molecule has 1 amide bonds. The number of carbonyl (C=O) groups excluding carboxylic acids is 1. The second-order valence-electron chi connectivity index (χ2n) is 5.41. The largest absolute Gasteiger partial charge is 0.435 e. The maximum absolute atomic E-state index is 12.9. The van der Waals surface area contributed by atoms with E-state index in [1.54, 1.807) is 38.4 Å². The van der Waals surface area contributed by atoms with Gasteiger partial charge in [-0.15, -0.1) is 0 Å². The Morgan fingerprint density at radius 2 is 1.83 bits per heavy atom. The van der Waals surface area contributed by atoms with Crippen molar-refractivity contribution >= 4 is 5.91 Å². The van der Waals surface area contributed by atoms with Crippen molar-refractivity contribution in [2.24, 2.45) is 0 Å². The number of amides is 1. The van der Waals surface area contributed by atoms with Gasteiger partial charge in [0.15, 0.2) is 5.69 Å². The van der Waals surface area contributed by atoms with Gasteiger partial charge in [0.2, 0.25) is 0 Å². The van der Waals surface area contributed by atoms with Crippen molar-refractivity contribution in [3.63, 3.8) is 0 Å². The molecule has 0 radical (unpaired) electrons. The molecule has 124 valence electrons. The highest BCUT2D eigenvalue weighted by atomic mass is 19.4. The number of carbonyl (C=O) groups is 1. The molecule has 0 saturated heterocycles. The number of aromatic nitrogens is 2. The Labute approximate surface area is 132 Å². The van der Waals surface area contributed by atoms with Crippen molar-refractivity contribution < 1.29 is 18.0 Å². The number of aryl methyl sites for hydroxylation is 1. The van der Waals surface area contributed by atoms with Gasteiger partial charge in [0.05, 0.1) is 5.69 Å². The molecule has 0 fully saturated rings. The highest BCUT2D eigenvalue weighted by Crippen LogP contribution is 2.32. The maximum atomic E-state index is 12.9. The molecule has 1 heterocycles. The summed E-state index contributed by atoms with van der Waals surface area (Å²) in [6, 6.07) is 7.53. The van der Waals surface area contributed by atoms with Gasteiger partial charge in [-0.1, -0.05) is 19.1 Å². The average Bonchev–Trinajstić information content (AvgIpc) is 2.91. The van der Waals surface area contributed by atoms with Gasteiger partial charge in [0.1, 0.15) is 0 Å². The Balaban J connectivity index is 2.41. The summed E-state index contributed by atoms with van der Waals surface area (Å²) in [7, 11) is 3.28. The van der Waals surface area contributed by atoms with Crippen LogP contribution in [-0.4, -0.2) is 34.7 Å². The summed E-state index contributed by atoms with van der Waals surface area (Å²) in [6.45, 7) is 2.27. The van der Waals surface area contributed by atoms with Crippen molar-refractivity contribution in [2.75, 3.05) is 14.1 Å². The molecule has 0 aliphatic carbocycles. The van der Waals surface area contributed by atoms with E-state index in [2.05, 4.69) is 5.10 Å². The first kappa shape index (κ1) is 17.1. The number of hydrogen-bond acceptors (Lipinski definition) is 2. The van der Waals surface area contributed by atoms with Gasteiger partial charge in [-0.2, -0.15) is 18.3 Å². The number of hydrogen-bond donors (Lipinski definition) is 0. The molecule has 0 unspecified atom stereocenters. The Hall–Kier alpha value is -2.31. The summed E-state index contributed by atoms with van der Waals surface area (Å²) in [5, 5.41) is 3.65. The molecule has 2 aromatic rings.